The van der Waals surface area contributed by atoms with Crippen LogP contribution in [0.4, 0.5) is 0 Å². The molecule has 0 radical (unpaired) electrons. The molecule has 4 N–H and O–H groups in total. The van der Waals surface area contributed by atoms with Crippen LogP contribution in [0.3, 0.4) is 0 Å². The van der Waals surface area contributed by atoms with Crippen LogP contribution in [0, 0.1) is 5.92 Å². The molecule has 0 spiro atoms. The number of aliphatic hydroxyl groups is 2. The summed E-state index contributed by atoms with van der Waals surface area (Å²) < 4.78 is 5.50. The summed E-state index contributed by atoms with van der Waals surface area (Å²) in [5.41, 5.74) is 5.64. The Morgan fingerprint density at radius 3 is 2.60 bits per heavy atom. The van der Waals surface area contributed by atoms with E-state index in [0.29, 0.717) is 18.6 Å². The molecule has 2 aromatic rings. The van der Waals surface area contributed by atoms with Gasteiger partial charge in [-0.1, -0.05) is 43.3 Å². The molecule has 0 unspecified atom stereocenters. The van der Waals surface area contributed by atoms with Gasteiger partial charge in [-0.25, -0.2) is 0 Å². The van der Waals surface area contributed by atoms with E-state index >= 15 is 0 Å². The molecular formula is C25H31NO4. The van der Waals surface area contributed by atoms with Gasteiger partial charge in [0.2, 0.25) is 0 Å². The van der Waals surface area contributed by atoms with E-state index in [2.05, 4.69) is 13.0 Å². The largest absolute Gasteiger partial charge is 0.484 e. The second-order valence-electron chi connectivity index (χ2n) is 9.20. The van der Waals surface area contributed by atoms with Crippen LogP contribution < -0.4 is 10.5 Å². The van der Waals surface area contributed by atoms with E-state index in [4.69, 9.17) is 10.5 Å². The molecular weight excluding hydrogens is 378 g/mol. The average molecular weight is 410 g/mol. The fraction of sp³-hybridized carbons (Fsp3) is 0.480. The van der Waals surface area contributed by atoms with Crippen molar-refractivity contribution in [2.45, 2.75) is 62.6 Å². The number of hydrogen-bond acceptors (Lipinski definition) is 4. The van der Waals surface area contributed by atoms with Gasteiger partial charge in [0.1, 0.15) is 11.4 Å². The first-order valence-corrected chi connectivity index (χ1v) is 10.8. The number of fused-ring (bicyclic) bond motifs is 3. The number of ether oxygens (including phenoxy) is 1. The Bertz CT molecular complexity index is 941. The van der Waals surface area contributed by atoms with Crippen molar-refractivity contribution in [2.75, 3.05) is 6.61 Å². The minimum absolute atomic E-state index is 0.140. The maximum Gasteiger partial charge on any atom is 0.255 e. The van der Waals surface area contributed by atoms with Crippen LogP contribution in [0.1, 0.15) is 56.2 Å². The standard InChI is InChI=1S/C25H31NO4/c1-3-24-16-23(2,28)25(29,18-7-5-4-6-8-18)14-19(24)10-9-17-13-20(11-12-21(17)24)30-15-22(26)27/h4-8,11-13,19,28-29H,3,9-10,14-16H2,1-2H3,(H2,26,27)/t19-,23-,24-,25-/m1/s1. The summed E-state index contributed by atoms with van der Waals surface area (Å²) >= 11 is 0. The predicted octanol–water partition coefficient (Wildman–Crippen LogP) is 3.19. The van der Waals surface area contributed by atoms with E-state index in [1.165, 1.54) is 11.1 Å². The molecule has 0 aromatic heterocycles. The summed E-state index contributed by atoms with van der Waals surface area (Å²) in [6.07, 6.45) is 3.71. The lowest BCUT2D eigenvalue weighted by molar-refractivity contribution is -0.205. The monoisotopic (exact) mass is 409 g/mol. The van der Waals surface area contributed by atoms with Gasteiger partial charge in [-0.15, -0.1) is 0 Å². The predicted molar refractivity (Wildman–Crippen MR) is 115 cm³/mol. The number of rotatable bonds is 5. The zero-order valence-corrected chi connectivity index (χ0v) is 17.7. The summed E-state index contributed by atoms with van der Waals surface area (Å²) in [4.78, 5) is 11.0. The number of aryl methyl sites for hydroxylation is 1. The Morgan fingerprint density at radius 2 is 1.93 bits per heavy atom. The highest BCUT2D eigenvalue weighted by atomic mass is 16.5. The maximum atomic E-state index is 11.7. The number of nitrogens with two attached hydrogens (primary N) is 1. The molecule has 1 fully saturated rings. The smallest absolute Gasteiger partial charge is 0.255 e. The molecule has 1 amide bonds. The Labute approximate surface area is 177 Å². The van der Waals surface area contributed by atoms with Gasteiger partial charge in [0.15, 0.2) is 6.61 Å². The highest BCUT2D eigenvalue weighted by Gasteiger charge is 2.60. The first kappa shape index (κ1) is 20.9. The van der Waals surface area contributed by atoms with E-state index in [-0.39, 0.29) is 17.9 Å². The van der Waals surface area contributed by atoms with Crippen LogP contribution in [0.25, 0.3) is 0 Å². The number of carbonyl (C=O) groups is 1. The number of benzene rings is 2. The van der Waals surface area contributed by atoms with Gasteiger partial charge in [0, 0.05) is 5.41 Å². The summed E-state index contributed by atoms with van der Waals surface area (Å²) in [7, 11) is 0. The van der Waals surface area contributed by atoms with Gasteiger partial charge in [-0.2, -0.15) is 0 Å². The van der Waals surface area contributed by atoms with Gasteiger partial charge < -0.3 is 20.7 Å². The molecule has 0 heterocycles. The first-order chi connectivity index (χ1) is 14.2. The fourth-order valence-corrected chi connectivity index (χ4v) is 5.95. The third-order valence-electron chi connectivity index (χ3n) is 7.51. The van der Waals surface area contributed by atoms with Crippen molar-refractivity contribution in [1.82, 2.24) is 0 Å². The van der Waals surface area contributed by atoms with Crippen LogP contribution in [-0.2, 0) is 22.2 Å². The Balaban J connectivity index is 1.72. The second kappa shape index (κ2) is 7.40. The van der Waals surface area contributed by atoms with Gasteiger partial charge in [0.05, 0.1) is 5.60 Å². The molecule has 5 heteroatoms. The molecule has 1 saturated carbocycles. The quantitative estimate of drug-likeness (QED) is 0.707. The zero-order chi connectivity index (χ0) is 21.6. The van der Waals surface area contributed by atoms with Gasteiger partial charge >= 0.3 is 0 Å². The molecule has 2 aliphatic rings. The molecule has 4 rings (SSSR count). The number of hydrogen-bond donors (Lipinski definition) is 3. The third kappa shape index (κ3) is 3.21. The number of primary amides is 1. The molecule has 2 aliphatic carbocycles. The minimum atomic E-state index is -1.28. The van der Waals surface area contributed by atoms with Crippen LogP contribution >= 0.6 is 0 Å². The van der Waals surface area contributed by atoms with E-state index < -0.39 is 17.1 Å². The molecule has 0 bridgehead atoms. The average Bonchev–Trinajstić information content (AvgIpc) is 2.73. The van der Waals surface area contributed by atoms with Crippen molar-refractivity contribution in [3.8, 4) is 5.75 Å². The molecule has 5 nitrogen and oxygen atoms in total. The fourth-order valence-electron chi connectivity index (χ4n) is 5.95. The normalized spacial score (nSPS) is 32.7. The topological polar surface area (TPSA) is 92.8 Å². The van der Waals surface area contributed by atoms with E-state index in [1.54, 1.807) is 6.92 Å². The zero-order valence-electron chi connectivity index (χ0n) is 17.7. The van der Waals surface area contributed by atoms with Gasteiger partial charge in [-0.05, 0) is 73.8 Å². The lowest BCUT2D eigenvalue weighted by Gasteiger charge is -2.59. The van der Waals surface area contributed by atoms with Crippen molar-refractivity contribution in [2.24, 2.45) is 11.7 Å². The van der Waals surface area contributed by atoms with Crippen molar-refractivity contribution in [3.63, 3.8) is 0 Å². The number of carbonyl (C=O) groups excluding carboxylic acids is 1. The van der Waals surface area contributed by atoms with E-state index in [9.17, 15) is 15.0 Å². The van der Waals surface area contributed by atoms with Gasteiger partial charge in [-0.3, -0.25) is 4.79 Å². The van der Waals surface area contributed by atoms with Crippen LogP contribution in [0.2, 0.25) is 0 Å². The summed E-state index contributed by atoms with van der Waals surface area (Å²) in [6.45, 7) is 3.80. The van der Waals surface area contributed by atoms with Crippen LogP contribution in [-0.4, -0.2) is 28.3 Å². The van der Waals surface area contributed by atoms with Gasteiger partial charge in [0.25, 0.3) is 5.91 Å². The highest BCUT2D eigenvalue weighted by molar-refractivity contribution is 5.75. The molecule has 160 valence electrons. The summed E-state index contributed by atoms with van der Waals surface area (Å²) in [5, 5.41) is 23.3. The Hall–Kier alpha value is -2.37. The van der Waals surface area contributed by atoms with Crippen molar-refractivity contribution >= 4 is 5.91 Å². The molecule has 30 heavy (non-hydrogen) atoms. The second-order valence-corrected chi connectivity index (χ2v) is 9.20. The van der Waals surface area contributed by atoms with Crippen LogP contribution in [0.5, 0.6) is 5.75 Å². The highest BCUT2D eigenvalue weighted by Crippen LogP contribution is 2.60. The lowest BCUT2D eigenvalue weighted by atomic mass is 9.49. The minimum Gasteiger partial charge on any atom is -0.484 e. The van der Waals surface area contributed by atoms with E-state index in [1.807, 2.05) is 42.5 Å². The number of amides is 1. The molecule has 0 saturated heterocycles. The van der Waals surface area contributed by atoms with Crippen LogP contribution in [0.15, 0.2) is 48.5 Å². The Kier molecular flexibility index (Phi) is 5.15. The molecule has 2 aromatic carbocycles. The van der Waals surface area contributed by atoms with E-state index in [0.717, 1.165) is 24.8 Å². The lowest BCUT2D eigenvalue weighted by Crippen LogP contribution is -2.62. The molecule has 4 atom stereocenters. The SMILES string of the molecule is CC[C@@]12C[C@@](C)(O)[C@](O)(c3ccccc3)C[C@H]1CCc1cc(OCC(N)=O)ccc12. The summed E-state index contributed by atoms with van der Waals surface area (Å²) in [6, 6.07) is 15.5. The molecule has 0 aliphatic heterocycles. The Morgan fingerprint density at radius 1 is 1.20 bits per heavy atom. The first-order valence-electron chi connectivity index (χ1n) is 10.8. The third-order valence-corrected chi connectivity index (χ3v) is 7.51. The summed E-state index contributed by atoms with van der Waals surface area (Å²) in [5.74, 6) is 0.403. The van der Waals surface area contributed by atoms with Crippen molar-refractivity contribution < 1.29 is 19.7 Å². The maximum absolute atomic E-state index is 11.7. The van der Waals surface area contributed by atoms with Crippen molar-refractivity contribution in [3.05, 3.63) is 65.2 Å². The van der Waals surface area contributed by atoms with Crippen molar-refractivity contribution in [1.29, 1.82) is 0 Å².